The molecule has 0 radical (unpaired) electrons. The van der Waals surface area contributed by atoms with Crippen molar-refractivity contribution in [2.24, 2.45) is 11.8 Å². The normalized spacial score (nSPS) is 13.4. The number of hydrogen-bond donors (Lipinski definition) is 1. The van der Waals surface area contributed by atoms with Crippen LogP contribution in [0.5, 0.6) is 0 Å². The Bertz CT molecular complexity index is 193. The third-order valence-electron chi connectivity index (χ3n) is 2.81. The lowest BCUT2D eigenvalue weighted by Crippen LogP contribution is -2.39. The molecule has 2 nitrogen and oxygen atoms in total. The average Bonchev–Trinajstić information content (AvgIpc) is 2.14. The smallest absolute Gasteiger partial charge is 0.0638 e. The Morgan fingerprint density at radius 2 is 1.50 bits per heavy atom. The van der Waals surface area contributed by atoms with Crippen molar-refractivity contribution in [1.82, 2.24) is 5.32 Å². The van der Waals surface area contributed by atoms with Gasteiger partial charge in [0.1, 0.15) is 0 Å². The summed E-state index contributed by atoms with van der Waals surface area (Å²) in [7, 11) is 0. The SMILES string of the molecule is CCC(CC#N)NC(CC(C)C)CC(C)C. The third kappa shape index (κ3) is 7.70. The summed E-state index contributed by atoms with van der Waals surface area (Å²) in [6, 6.07) is 3.20. The molecule has 0 fully saturated rings. The van der Waals surface area contributed by atoms with Crippen LogP contribution in [0.2, 0.25) is 0 Å². The number of nitrogens with one attached hydrogen (secondary N) is 1. The van der Waals surface area contributed by atoms with E-state index in [0.717, 1.165) is 18.3 Å². The number of nitrogens with zero attached hydrogens (tertiary/aromatic N) is 1. The van der Waals surface area contributed by atoms with E-state index in [9.17, 15) is 0 Å². The van der Waals surface area contributed by atoms with E-state index in [1.165, 1.54) is 12.8 Å². The fraction of sp³-hybridized carbons (Fsp3) is 0.929. The van der Waals surface area contributed by atoms with Gasteiger partial charge in [-0.3, -0.25) is 0 Å². The van der Waals surface area contributed by atoms with Gasteiger partial charge in [-0.1, -0.05) is 34.6 Å². The van der Waals surface area contributed by atoms with E-state index < -0.39 is 0 Å². The summed E-state index contributed by atoms with van der Waals surface area (Å²) in [6.45, 7) is 11.2. The van der Waals surface area contributed by atoms with Gasteiger partial charge in [0, 0.05) is 12.1 Å². The molecule has 0 amide bonds. The van der Waals surface area contributed by atoms with Crippen LogP contribution in [0.15, 0.2) is 0 Å². The Kier molecular flexibility index (Phi) is 8.29. The Labute approximate surface area is 101 Å². The van der Waals surface area contributed by atoms with Gasteiger partial charge in [-0.2, -0.15) is 5.26 Å². The van der Waals surface area contributed by atoms with Crippen LogP contribution in [0.4, 0.5) is 0 Å². The molecule has 0 aromatic carbocycles. The van der Waals surface area contributed by atoms with E-state index in [1.54, 1.807) is 0 Å². The van der Waals surface area contributed by atoms with Gasteiger partial charge in [0.05, 0.1) is 12.5 Å². The van der Waals surface area contributed by atoms with Crippen LogP contribution >= 0.6 is 0 Å². The second kappa shape index (κ2) is 8.58. The summed E-state index contributed by atoms with van der Waals surface area (Å²) in [6.07, 6.45) is 4.09. The zero-order valence-electron chi connectivity index (χ0n) is 11.6. The molecule has 16 heavy (non-hydrogen) atoms. The first-order valence-electron chi connectivity index (χ1n) is 6.62. The molecule has 2 heteroatoms. The topological polar surface area (TPSA) is 35.8 Å². The van der Waals surface area contributed by atoms with Crippen LogP contribution < -0.4 is 5.32 Å². The molecule has 0 saturated carbocycles. The van der Waals surface area contributed by atoms with Gasteiger partial charge >= 0.3 is 0 Å². The van der Waals surface area contributed by atoms with E-state index in [4.69, 9.17) is 5.26 Å². The standard InChI is InChI=1S/C14H28N2/c1-6-13(7-8-15)16-14(9-11(2)3)10-12(4)5/h11-14,16H,6-7,9-10H2,1-5H3. The predicted octanol–water partition coefficient (Wildman–Crippen LogP) is 3.73. The van der Waals surface area contributed by atoms with Crippen molar-refractivity contribution in [2.45, 2.75) is 72.4 Å². The molecule has 0 aliphatic heterocycles. The molecule has 0 aliphatic carbocycles. The lowest BCUT2D eigenvalue weighted by atomic mass is 9.94. The highest BCUT2D eigenvalue weighted by Gasteiger charge is 2.16. The summed E-state index contributed by atoms with van der Waals surface area (Å²) >= 11 is 0. The van der Waals surface area contributed by atoms with Crippen molar-refractivity contribution in [3.8, 4) is 6.07 Å². The molecule has 1 atom stereocenters. The van der Waals surface area contributed by atoms with Crippen LogP contribution in [-0.4, -0.2) is 12.1 Å². The summed E-state index contributed by atoms with van der Waals surface area (Å²) in [5.74, 6) is 1.44. The van der Waals surface area contributed by atoms with Gasteiger partial charge in [0.2, 0.25) is 0 Å². The molecule has 0 heterocycles. The zero-order valence-corrected chi connectivity index (χ0v) is 11.6. The van der Waals surface area contributed by atoms with E-state index in [1.807, 2.05) is 0 Å². The minimum Gasteiger partial charge on any atom is -0.310 e. The maximum atomic E-state index is 8.75. The van der Waals surface area contributed by atoms with Crippen molar-refractivity contribution in [2.75, 3.05) is 0 Å². The number of hydrogen-bond acceptors (Lipinski definition) is 2. The van der Waals surface area contributed by atoms with Crippen LogP contribution in [0.25, 0.3) is 0 Å². The zero-order chi connectivity index (χ0) is 12.6. The van der Waals surface area contributed by atoms with Gasteiger partial charge in [0.15, 0.2) is 0 Å². The molecular weight excluding hydrogens is 196 g/mol. The maximum Gasteiger partial charge on any atom is 0.0638 e. The predicted molar refractivity (Wildman–Crippen MR) is 70.1 cm³/mol. The van der Waals surface area contributed by atoms with Crippen molar-refractivity contribution in [1.29, 1.82) is 5.26 Å². The molecule has 1 unspecified atom stereocenters. The highest BCUT2D eigenvalue weighted by atomic mass is 14.9. The molecule has 0 saturated heterocycles. The molecule has 94 valence electrons. The second-order valence-corrected chi connectivity index (χ2v) is 5.59. The minimum absolute atomic E-state index is 0.368. The Balaban J connectivity index is 4.22. The molecule has 0 rings (SSSR count). The molecule has 0 aliphatic rings. The first kappa shape index (κ1) is 15.4. The minimum atomic E-state index is 0.368. The van der Waals surface area contributed by atoms with Gasteiger partial charge in [-0.15, -0.1) is 0 Å². The quantitative estimate of drug-likeness (QED) is 0.682. The number of rotatable bonds is 8. The fourth-order valence-corrected chi connectivity index (χ4v) is 2.14. The molecule has 0 bridgehead atoms. The van der Waals surface area contributed by atoms with Crippen LogP contribution in [0, 0.1) is 23.2 Å². The van der Waals surface area contributed by atoms with E-state index in [0.29, 0.717) is 18.5 Å². The maximum absolute atomic E-state index is 8.75. The summed E-state index contributed by atoms with van der Waals surface area (Å²) in [5, 5.41) is 12.4. The van der Waals surface area contributed by atoms with Gasteiger partial charge in [0.25, 0.3) is 0 Å². The van der Waals surface area contributed by atoms with Crippen molar-refractivity contribution < 1.29 is 0 Å². The van der Waals surface area contributed by atoms with Crippen LogP contribution in [0.1, 0.15) is 60.3 Å². The Morgan fingerprint density at radius 3 is 1.81 bits per heavy atom. The average molecular weight is 224 g/mol. The van der Waals surface area contributed by atoms with E-state index in [2.05, 4.69) is 46.0 Å². The van der Waals surface area contributed by atoms with Crippen molar-refractivity contribution in [3.63, 3.8) is 0 Å². The van der Waals surface area contributed by atoms with E-state index in [-0.39, 0.29) is 0 Å². The van der Waals surface area contributed by atoms with Crippen molar-refractivity contribution in [3.05, 3.63) is 0 Å². The summed E-state index contributed by atoms with van der Waals surface area (Å²) in [4.78, 5) is 0. The highest BCUT2D eigenvalue weighted by Crippen LogP contribution is 2.15. The Morgan fingerprint density at radius 1 is 1.00 bits per heavy atom. The third-order valence-corrected chi connectivity index (χ3v) is 2.81. The molecule has 1 N–H and O–H groups in total. The first-order chi connectivity index (χ1) is 7.49. The second-order valence-electron chi connectivity index (χ2n) is 5.59. The first-order valence-corrected chi connectivity index (χ1v) is 6.62. The molecule has 0 spiro atoms. The van der Waals surface area contributed by atoms with Gasteiger partial charge in [-0.25, -0.2) is 0 Å². The largest absolute Gasteiger partial charge is 0.310 e. The van der Waals surface area contributed by atoms with Crippen LogP contribution in [0.3, 0.4) is 0 Å². The number of nitriles is 1. The lowest BCUT2D eigenvalue weighted by Gasteiger charge is -2.26. The van der Waals surface area contributed by atoms with Gasteiger partial charge in [-0.05, 0) is 31.1 Å². The van der Waals surface area contributed by atoms with E-state index >= 15 is 0 Å². The fourth-order valence-electron chi connectivity index (χ4n) is 2.14. The highest BCUT2D eigenvalue weighted by molar-refractivity contribution is 4.83. The summed E-state index contributed by atoms with van der Waals surface area (Å²) < 4.78 is 0. The monoisotopic (exact) mass is 224 g/mol. The van der Waals surface area contributed by atoms with Crippen molar-refractivity contribution >= 4 is 0 Å². The Hall–Kier alpha value is -0.550. The molecule has 0 aromatic rings. The van der Waals surface area contributed by atoms with Gasteiger partial charge < -0.3 is 5.32 Å². The summed E-state index contributed by atoms with van der Waals surface area (Å²) in [5.41, 5.74) is 0. The van der Waals surface area contributed by atoms with Crippen LogP contribution in [-0.2, 0) is 0 Å². The molecular formula is C14H28N2. The molecule has 0 aromatic heterocycles. The lowest BCUT2D eigenvalue weighted by molar-refractivity contribution is 0.322.